The molecule has 0 unspecified atom stereocenters. The van der Waals surface area contributed by atoms with E-state index in [4.69, 9.17) is 4.74 Å². The lowest BCUT2D eigenvalue weighted by Crippen LogP contribution is -2.55. The number of alkyl carbamates (subject to hydrolysis) is 1. The Morgan fingerprint density at radius 1 is 0.806 bits per heavy atom. The number of rotatable bonds is 10. The van der Waals surface area contributed by atoms with Crippen molar-refractivity contribution in [1.82, 2.24) is 16.0 Å². The van der Waals surface area contributed by atoms with E-state index >= 15 is 0 Å². The van der Waals surface area contributed by atoms with Crippen LogP contribution in [0.5, 0.6) is 5.75 Å². The molecule has 0 saturated carbocycles. The Hall–Kier alpha value is -4.08. The summed E-state index contributed by atoms with van der Waals surface area (Å²) in [6.45, 7) is 6.47. The monoisotopic (exact) mass is 499 g/mol. The van der Waals surface area contributed by atoms with Crippen LogP contribution in [0, 0.1) is 0 Å². The van der Waals surface area contributed by atoms with Crippen LogP contribution in [-0.2, 0) is 32.0 Å². The highest BCUT2D eigenvalue weighted by Crippen LogP contribution is 2.13. The lowest BCUT2D eigenvalue weighted by atomic mass is 10.0. The normalized spacial score (nSPS) is 13.6. The van der Waals surface area contributed by atoms with Gasteiger partial charge in [-0.05, 0) is 51.0 Å². The van der Waals surface area contributed by atoms with Gasteiger partial charge in [0.15, 0.2) is 0 Å². The summed E-state index contributed by atoms with van der Waals surface area (Å²) in [6.07, 6.45) is -0.676. The first-order valence-corrected chi connectivity index (χ1v) is 11.5. The van der Waals surface area contributed by atoms with E-state index in [0.29, 0.717) is 5.56 Å². The van der Waals surface area contributed by atoms with Crippen molar-refractivity contribution in [2.45, 2.75) is 64.3 Å². The quantitative estimate of drug-likeness (QED) is 0.336. The van der Waals surface area contributed by atoms with E-state index in [1.54, 1.807) is 63.2 Å². The van der Waals surface area contributed by atoms with Crippen LogP contribution in [-0.4, -0.2) is 57.8 Å². The summed E-state index contributed by atoms with van der Waals surface area (Å²) in [7, 11) is 0. The van der Waals surface area contributed by atoms with E-state index in [1.165, 1.54) is 19.1 Å². The molecule has 5 N–H and O–H groups in total. The van der Waals surface area contributed by atoms with Crippen molar-refractivity contribution in [2.24, 2.45) is 0 Å². The number of ether oxygens (including phenoxy) is 1. The Kier molecular flexibility index (Phi) is 9.83. The van der Waals surface area contributed by atoms with Gasteiger partial charge in [0.25, 0.3) is 0 Å². The fraction of sp³-hybridized carbons (Fsp3) is 0.385. The fourth-order valence-corrected chi connectivity index (χ4v) is 3.25. The van der Waals surface area contributed by atoms with E-state index in [2.05, 4.69) is 16.0 Å². The summed E-state index contributed by atoms with van der Waals surface area (Å²) >= 11 is 0. The van der Waals surface area contributed by atoms with Gasteiger partial charge in [0.2, 0.25) is 11.8 Å². The number of hydrogen-bond acceptors (Lipinski definition) is 6. The maximum Gasteiger partial charge on any atom is 0.408 e. The topological polar surface area (TPSA) is 154 Å². The standard InChI is InChI=1S/C26H33N3O7/c1-16(22(31)28-21(24(33)34)15-17-8-6-5-7-9-17)27-23(32)20(29-25(35)36-26(2,3)4)14-18-10-12-19(30)13-11-18/h5-13,16,20-21,30H,14-15H2,1-4H3,(H,27,32)(H,28,31)(H,29,35)(H,33,34)/t16-,20+,21+/m1/s1. The SMILES string of the molecule is C[C@@H](NC(=O)[C@H](Cc1ccc(O)cc1)NC(=O)OC(C)(C)C)C(=O)N[C@@H](Cc1ccccc1)C(=O)O. The summed E-state index contributed by atoms with van der Waals surface area (Å²) in [5.41, 5.74) is 0.592. The number of hydrogen-bond donors (Lipinski definition) is 5. The van der Waals surface area contributed by atoms with Gasteiger partial charge in [-0.15, -0.1) is 0 Å². The van der Waals surface area contributed by atoms with E-state index < -0.39 is 47.6 Å². The molecule has 0 heterocycles. The van der Waals surface area contributed by atoms with Crippen LogP contribution >= 0.6 is 0 Å². The molecule has 3 amide bonds. The van der Waals surface area contributed by atoms with E-state index in [9.17, 15) is 29.4 Å². The van der Waals surface area contributed by atoms with E-state index in [0.717, 1.165) is 5.56 Å². The third-order valence-electron chi connectivity index (χ3n) is 5.03. The molecule has 0 bridgehead atoms. The van der Waals surface area contributed by atoms with Crippen molar-refractivity contribution < 1.29 is 34.1 Å². The van der Waals surface area contributed by atoms with Gasteiger partial charge in [0.1, 0.15) is 29.5 Å². The third-order valence-corrected chi connectivity index (χ3v) is 5.03. The molecule has 0 spiro atoms. The molecule has 2 rings (SSSR count). The predicted octanol–water partition coefficient (Wildman–Crippen LogP) is 2.14. The molecular weight excluding hydrogens is 466 g/mol. The molecule has 0 aliphatic carbocycles. The molecule has 0 aromatic heterocycles. The van der Waals surface area contributed by atoms with Crippen LogP contribution in [0.1, 0.15) is 38.8 Å². The number of phenols is 1. The number of carboxylic acids is 1. The van der Waals surface area contributed by atoms with Gasteiger partial charge in [0.05, 0.1) is 0 Å². The van der Waals surface area contributed by atoms with Crippen molar-refractivity contribution in [3.05, 3.63) is 65.7 Å². The minimum atomic E-state index is -1.21. The second-order valence-corrected chi connectivity index (χ2v) is 9.39. The molecule has 10 heteroatoms. The Bertz CT molecular complexity index is 1050. The summed E-state index contributed by atoms with van der Waals surface area (Å²) < 4.78 is 5.25. The van der Waals surface area contributed by atoms with Gasteiger partial charge < -0.3 is 30.9 Å². The van der Waals surface area contributed by atoms with Gasteiger partial charge in [-0.25, -0.2) is 9.59 Å². The number of carbonyl (C=O) groups excluding carboxylic acids is 3. The molecule has 10 nitrogen and oxygen atoms in total. The van der Waals surface area contributed by atoms with Crippen LogP contribution in [0.2, 0.25) is 0 Å². The largest absolute Gasteiger partial charge is 0.508 e. The molecule has 2 aromatic rings. The van der Waals surface area contributed by atoms with Crippen LogP contribution in [0.3, 0.4) is 0 Å². The minimum Gasteiger partial charge on any atom is -0.508 e. The maximum atomic E-state index is 13.0. The van der Waals surface area contributed by atoms with Crippen molar-refractivity contribution in [3.63, 3.8) is 0 Å². The van der Waals surface area contributed by atoms with E-state index in [-0.39, 0.29) is 18.6 Å². The molecular formula is C26H33N3O7. The Morgan fingerprint density at radius 2 is 1.36 bits per heavy atom. The molecule has 194 valence electrons. The first-order valence-electron chi connectivity index (χ1n) is 11.5. The zero-order valence-electron chi connectivity index (χ0n) is 20.8. The molecule has 3 atom stereocenters. The molecule has 0 fully saturated rings. The number of benzene rings is 2. The Balaban J connectivity index is 2.08. The smallest absolute Gasteiger partial charge is 0.408 e. The highest BCUT2D eigenvalue weighted by Gasteiger charge is 2.29. The number of nitrogens with one attached hydrogen (secondary N) is 3. The van der Waals surface area contributed by atoms with Gasteiger partial charge in [-0.2, -0.15) is 0 Å². The molecule has 36 heavy (non-hydrogen) atoms. The minimum absolute atomic E-state index is 0.0497. The predicted molar refractivity (Wildman–Crippen MR) is 132 cm³/mol. The van der Waals surface area contributed by atoms with Crippen LogP contribution in [0.4, 0.5) is 4.79 Å². The van der Waals surface area contributed by atoms with Crippen molar-refractivity contribution in [2.75, 3.05) is 0 Å². The van der Waals surface area contributed by atoms with Gasteiger partial charge >= 0.3 is 12.1 Å². The number of carbonyl (C=O) groups is 4. The first-order chi connectivity index (χ1) is 16.8. The molecule has 0 saturated heterocycles. The van der Waals surface area contributed by atoms with Crippen molar-refractivity contribution >= 4 is 23.9 Å². The highest BCUT2D eigenvalue weighted by molar-refractivity contribution is 5.92. The Labute approximate surface area is 210 Å². The molecule has 0 aliphatic rings. The average molecular weight is 500 g/mol. The lowest BCUT2D eigenvalue weighted by molar-refractivity contribution is -0.142. The Morgan fingerprint density at radius 3 is 1.92 bits per heavy atom. The number of amides is 3. The van der Waals surface area contributed by atoms with Gasteiger partial charge in [-0.1, -0.05) is 42.5 Å². The lowest BCUT2D eigenvalue weighted by Gasteiger charge is -2.25. The first kappa shape index (κ1) is 28.2. The van der Waals surface area contributed by atoms with Crippen molar-refractivity contribution in [1.29, 1.82) is 0 Å². The number of phenolic OH excluding ortho intramolecular Hbond substituents is 1. The van der Waals surface area contributed by atoms with Crippen LogP contribution in [0.15, 0.2) is 54.6 Å². The molecule has 0 radical (unpaired) electrons. The van der Waals surface area contributed by atoms with Gasteiger partial charge in [-0.3, -0.25) is 9.59 Å². The number of carboxylic acid groups (broad SMARTS) is 1. The zero-order chi connectivity index (χ0) is 26.9. The summed E-state index contributed by atoms with van der Waals surface area (Å²) in [5.74, 6) is -2.50. The number of aromatic hydroxyl groups is 1. The molecule has 0 aliphatic heterocycles. The average Bonchev–Trinajstić information content (AvgIpc) is 2.78. The maximum absolute atomic E-state index is 13.0. The zero-order valence-corrected chi connectivity index (χ0v) is 20.8. The number of aliphatic carboxylic acids is 1. The van der Waals surface area contributed by atoms with Crippen molar-refractivity contribution in [3.8, 4) is 5.75 Å². The third kappa shape index (κ3) is 9.65. The highest BCUT2D eigenvalue weighted by atomic mass is 16.6. The fourth-order valence-electron chi connectivity index (χ4n) is 3.25. The molecule has 2 aromatic carbocycles. The summed E-state index contributed by atoms with van der Waals surface area (Å²) in [5, 5.41) is 26.5. The van der Waals surface area contributed by atoms with Crippen LogP contribution in [0.25, 0.3) is 0 Å². The van der Waals surface area contributed by atoms with Gasteiger partial charge in [0, 0.05) is 12.8 Å². The van der Waals surface area contributed by atoms with Crippen LogP contribution < -0.4 is 16.0 Å². The second-order valence-electron chi connectivity index (χ2n) is 9.39. The summed E-state index contributed by atoms with van der Waals surface area (Å²) in [4.78, 5) is 49.7. The second kappa shape index (κ2) is 12.6. The van der Waals surface area contributed by atoms with E-state index in [1.807, 2.05) is 0 Å². The summed E-state index contributed by atoms with van der Waals surface area (Å²) in [6, 6.07) is 11.6.